The molecule has 0 N–H and O–H groups in total. The largest absolute Gasteiger partial charge is 0.0761 e. The Morgan fingerprint density at radius 3 is 2.38 bits per heavy atom. The Morgan fingerprint density at radius 1 is 1.19 bits per heavy atom. The summed E-state index contributed by atoms with van der Waals surface area (Å²) in [7, 11) is 0. The van der Waals surface area contributed by atoms with Crippen LogP contribution < -0.4 is 0 Å². The summed E-state index contributed by atoms with van der Waals surface area (Å²) in [6.07, 6.45) is 8.49. The third-order valence-corrected chi connectivity index (χ3v) is 3.97. The number of hydrogen-bond acceptors (Lipinski definition) is 0. The molecular weight excluding hydrogens is 192 g/mol. The van der Waals surface area contributed by atoms with Gasteiger partial charge in [0.1, 0.15) is 0 Å². The van der Waals surface area contributed by atoms with Gasteiger partial charge in [0.05, 0.1) is 0 Å². The Kier molecular flexibility index (Phi) is 3.54. The highest BCUT2D eigenvalue weighted by Crippen LogP contribution is 2.54. The molecular formula is C16H22. The second-order valence-corrected chi connectivity index (χ2v) is 5.02. The monoisotopic (exact) mass is 214 g/mol. The van der Waals surface area contributed by atoms with E-state index in [1.165, 1.54) is 30.4 Å². The molecule has 0 bridgehead atoms. The molecule has 0 nitrogen and oxygen atoms in total. The van der Waals surface area contributed by atoms with E-state index in [0.717, 1.165) is 24.7 Å². The first kappa shape index (κ1) is 11.5. The quantitative estimate of drug-likeness (QED) is 0.594. The molecule has 0 radical (unpaired) electrons. The van der Waals surface area contributed by atoms with E-state index in [1.54, 1.807) is 5.57 Å². The smallest absolute Gasteiger partial charge is 0.00134 e. The summed E-state index contributed by atoms with van der Waals surface area (Å²) >= 11 is 0. The van der Waals surface area contributed by atoms with Crippen molar-refractivity contribution in [1.29, 1.82) is 0 Å². The molecule has 86 valence electrons. The van der Waals surface area contributed by atoms with Gasteiger partial charge in [-0.25, -0.2) is 0 Å². The second kappa shape index (κ2) is 4.91. The molecule has 2 atom stereocenters. The van der Waals surface area contributed by atoms with E-state index in [-0.39, 0.29) is 0 Å². The van der Waals surface area contributed by atoms with Crippen LogP contribution in [0, 0.1) is 23.7 Å². The van der Waals surface area contributed by atoms with E-state index in [1.807, 2.05) is 0 Å². The Bertz CT molecular complexity index is 372. The fourth-order valence-corrected chi connectivity index (χ4v) is 2.72. The number of hydrogen-bond donors (Lipinski definition) is 0. The Hall–Kier alpha value is -0.960. The lowest BCUT2D eigenvalue weighted by molar-refractivity contribution is 0.834. The lowest BCUT2D eigenvalue weighted by Gasteiger charge is -2.04. The van der Waals surface area contributed by atoms with Crippen molar-refractivity contribution < 1.29 is 0 Å². The third kappa shape index (κ3) is 2.40. The molecule has 0 saturated heterocycles. The van der Waals surface area contributed by atoms with Gasteiger partial charge < -0.3 is 0 Å². The zero-order chi connectivity index (χ0) is 11.5. The van der Waals surface area contributed by atoms with E-state index in [0.29, 0.717) is 0 Å². The van der Waals surface area contributed by atoms with Crippen LogP contribution in [-0.4, -0.2) is 0 Å². The molecule has 0 aliphatic heterocycles. The first-order valence-electron chi connectivity index (χ1n) is 6.66. The van der Waals surface area contributed by atoms with Crippen molar-refractivity contribution in [2.45, 2.75) is 52.9 Å². The van der Waals surface area contributed by atoms with E-state index in [9.17, 15) is 0 Å². The molecule has 2 aliphatic carbocycles. The van der Waals surface area contributed by atoms with Crippen LogP contribution in [0.4, 0.5) is 0 Å². The lowest BCUT2D eigenvalue weighted by atomic mass is 10.0. The lowest BCUT2D eigenvalue weighted by Crippen LogP contribution is -1.88. The molecule has 2 fully saturated rings. The SMILES string of the molecule is C/C=C(/C#CC(CC)=C1CC2CC2C1)CC. The van der Waals surface area contributed by atoms with Crippen LogP contribution in [0.2, 0.25) is 0 Å². The van der Waals surface area contributed by atoms with Crippen LogP contribution in [0.1, 0.15) is 52.9 Å². The molecule has 0 aromatic rings. The molecule has 0 aromatic carbocycles. The third-order valence-electron chi connectivity index (χ3n) is 3.97. The summed E-state index contributed by atoms with van der Waals surface area (Å²) in [6.45, 7) is 6.49. The molecule has 0 amide bonds. The normalized spacial score (nSPS) is 27.2. The van der Waals surface area contributed by atoms with Gasteiger partial charge in [0, 0.05) is 5.57 Å². The van der Waals surface area contributed by atoms with Crippen molar-refractivity contribution in [1.82, 2.24) is 0 Å². The van der Waals surface area contributed by atoms with E-state index in [2.05, 4.69) is 38.7 Å². The molecule has 2 aliphatic rings. The molecule has 2 rings (SSSR count). The minimum Gasteiger partial charge on any atom is -0.0761 e. The number of fused-ring (bicyclic) bond motifs is 1. The molecule has 16 heavy (non-hydrogen) atoms. The maximum Gasteiger partial charge on any atom is 0.00134 e. The van der Waals surface area contributed by atoms with Gasteiger partial charge in [0.2, 0.25) is 0 Å². The van der Waals surface area contributed by atoms with E-state index in [4.69, 9.17) is 0 Å². The Morgan fingerprint density at radius 2 is 1.88 bits per heavy atom. The molecule has 0 aromatic heterocycles. The highest BCUT2D eigenvalue weighted by Gasteiger charge is 2.43. The van der Waals surface area contributed by atoms with Gasteiger partial charge in [0.25, 0.3) is 0 Å². The maximum absolute atomic E-state index is 3.42. The van der Waals surface area contributed by atoms with Gasteiger partial charge in [-0.1, -0.05) is 37.3 Å². The van der Waals surface area contributed by atoms with Gasteiger partial charge in [-0.05, 0) is 56.4 Å². The Balaban J connectivity index is 2.11. The van der Waals surface area contributed by atoms with Gasteiger partial charge in [-0.2, -0.15) is 0 Å². The second-order valence-electron chi connectivity index (χ2n) is 5.02. The Labute approximate surface area is 99.8 Å². The predicted octanol–water partition coefficient (Wildman–Crippen LogP) is 4.48. The summed E-state index contributed by atoms with van der Waals surface area (Å²) in [5, 5.41) is 0. The van der Waals surface area contributed by atoms with Crippen LogP contribution in [0.5, 0.6) is 0 Å². The zero-order valence-corrected chi connectivity index (χ0v) is 10.8. The highest BCUT2D eigenvalue weighted by atomic mass is 14.5. The number of allylic oxidation sites excluding steroid dienone is 4. The van der Waals surface area contributed by atoms with E-state index >= 15 is 0 Å². The highest BCUT2D eigenvalue weighted by molar-refractivity contribution is 5.41. The van der Waals surface area contributed by atoms with Crippen LogP contribution in [0.15, 0.2) is 22.8 Å². The summed E-state index contributed by atoms with van der Waals surface area (Å²) in [6, 6.07) is 0. The molecule has 2 saturated carbocycles. The van der Waals surface area contributed by atoms with Gasteiger partial charge in [-0.3, -0.25) is 0 Å². The first-order valence-corrected chi connectivity index (χ1v) is 6.66. The van der Waals surface area contributed by atoms with E-state index < -0.39 is 0 Å². The average Bonchev–Trinajstić information content (AvgIpc) is 2.92. The fourth-order valence-electron chi connectivity index (χ4n) is 2.72. The predicted molar refractivity (Wildman–Crippen MR) is 70.0 cm³/mol. The zero-order valence-electron chi connectivity index (χ0n) is 10.8. The standard InChI is InChI=1S/C16H22/c1-4-12(5-2)7-8-13(6-3)14-9-15-11-16(15)10-14/h4,15-16H,5-6,9-11H2,1-3H3/b12-4+,14-13?. The van der Waals surface area contributed by atoms with Crippen molar-refractivity contribution in [3.63, 3.8) is 0 Å². The number of rotatable bonds is 2. The van der Waals surface area contributed by atoms with Crippen molar-refractivity contribution in [2.75, 3.05) is 0 Å². The van der Waals surface area contributed by atoms with Crippen molar-refractivity contribution in [2.24, 2.45) is 11.8 Å². The van der Waals surface area contributed by atoms with Crippen molar-refractivity contribution in [3.8, 4) is 11.8 Å². The maximum atomic E-state index is 3.42. The van der Waals surface area contributed by atoms with Gasteiger partial charge >= 0.3 is 0 Å². The summed E-state index contributed by atoms with van der Waals surface area (Å²) < 4.78 is 0. The summed E-state index contributed by atoms with van der Waals surface area (Å²) in [4.78, 5) is 0. The van der Waals surface area contributed by atoms with Crippen LogP contribution in [-0.2, 0) is 0 Å². The average molecular weight is 214 g/mol. The summed E-state index contributed by atoms with van der Waals surface area (Å²) in [5.74, 6) is 8.81. The fraction of sp³-hybridized carbons (Fsp3) is 0.625. The minimum atomic E-state index is 1.03. The van der Waals surface area contributed by atoms with Gasteiger partial charge in [-0.15, -0.1) is 0 Å². The minimum absolute atomic E-state index is 1.03. The van der Waals surface area contributed by atoms with Crippen LogP contribution >= 0.6 is 0 Å². The molecule has 0 heteroatoms. The van der Waals surface area contributed by atoms with Gasteiger partial charge in [0.15, 0.2) is 0 Å². The first-order chi connectivity index (χ1) is 7.78. The molecule has 0 heterocycles. The molecule has 0 spiro atoms. The van der Waals surface area contributed by atoms with Crippen molar-refractivity contribution >= 4 is 0 Å². The van der Waals surface area contributed by atoms with Crippen molar-refractivity contribution in [3.05, 3.63) is 22.8 Å². The van der Waals surface area contributed by atoms with Crippen LogP contribution in [0.3, 0.4) is 0 Å². The topological polar surface area (TPSA) is 0 Å². The summed E-state index contributed by atoms with van der Waals surface area (Å²) in [5.41, 5.74) is 4.37. The molecule has 2 unspecified atom stereocenters. The van der Waals surface area contributed by atoms with Crippen LogP contribution in [0.25, 0.3) is 0 Å².